The van der Waals surface area contributed by atoms with E-state index in [0.29, 0.717) is 6.42 Å². The number of carbonyl (C=O) groups excluding carboxylic acids is 1. The van der Waals surface area contributed by atoms with Crippen LogP contribution in [0.3, 0.4) is 0 Å². The second-order valence-electron chi connectivity index (χ2n) is 6.52. The van der Waals surface area contributed by atoms with Gasteiger partial charge in [0.15, 0.2) is 0 Å². The van der Waals surface area contributed by atoms with Crippen LogP contribution in [-0.4, -0.2) is 24.0 Å². The van der Waals surface area contributed by atoms with Crippen LogP contribution in [0, 0.1) is 18.7 Å². The lowest BCUT2D eigenvalue weighted by molar-refractivity contribution is -0.141. The third-order valence-electron chi connectivity index (χ3n) is 4.88. The molecule has 1 aromatic heterocycles. The number of fused-ring (bicyclic) bond motifs is 1. The number of amides is 1. The van der Waals surface area contributed by atoms with Gasteiger partial charge in [-0.2, -0.15) is 13.2 Å². The molecule has 136 valence electrons. The molecule has 1 fully saturated rings. The van der Waals surface area contributed by atoms with Gasteiger partial charge >= 0.3 is 6.18 Å². The summed E-state index contributed by atoms with van der Waals surface area (Å²) in [7, 11) is 0. The number of aromatic nitrogens is 1. The van der Waals surface area contributed by atoms with Gasteiger partial charge in [0.05, 0.1) is 11.1 Å². The molecule has 0 aliphatic carbocycles. The Hall–Kier alpha value is -2.09. The molecule has 0 spiro atoms. The fourth-order valence-electron chi connectivity index (χ4n) is 3.63. The van der Waals surface area contributed by atoms with Crippen LogP contribution in [0.2, 0.25) is 0 Å². The number of alkyl halides is 3. The Morgan fingerprint density at radius 1 is 1.32 bits per heavy atom. The predicted molar refractivity (Wildman–Crippen MR) is 85.8 cm³/mol. The summed E-state index contributed by atoms with van der Waals surface area (Å²) in [6.07, 6.45) is -2.64. The van der Waals surface area contributed by atoms with Gasteiger partial charge in [0.2, 0.25) is 0 Å². The van der Waals surface area contributed by atoms with Gasteiger partial charge in [0, 0.05) is 5.39 Å². The standard InChI is InChI=1S/C17H19F4N3O/c1-8-13-10(6-9-2-4-23-5-3-9)12(18)7-11(16(22)25)14(13)24-15(8)17(19,20)21/h7,9,23-24H,2-6H2,1H3,(H2,22,25). The Balaban J connectivity index is 2.22. The number of nitrogens with two attached hydrogens (primary N) is 1. The monoisotopic (exact) mass is 357 g/mol. The van der Waals surface area contributed by atoms with Crippen molar-refractivity contribution in [3.05, 3.63) is 34.3 Å². The summed E-state index contributed by atoms with van der Waals surface area (Å²) in [5.41, 5.74) is 4.08. The molecule has 0 radical (unpaired) electrons. The largest absolute Gasteiger partial charge is 0.431 e. The minimum absolute atomic E-state index is 0.0392. The van der Waals surface area contributed by atoms with Crippen LogP contribution in [0.25, 0.3) is 10.9 Å². The van der Waals surface area contributed by atoms with Gasteiger partial charge in [-0.15, -0.1) is 0 Å². The maximum atomic E-state index is 14.7. The van der Waals surface area contributed by atoms with Crippen LogP contribution in [-0.2, 0) is 12.6 Å². The number of piperidine rings is 1. The molecule has 8 heteroatoms. The fourth-order valence-corrected chi connectivity index (χ4v) is 3.63. The molecular formula is C17H19F4N3O. The predicted octanol–water partition coefficient (Wildman–Crippen LogP) is 3.28. The van der Waals surface area contributed by atoms with E-state index in [1.165, 1.54) is 6.92 Å². The topological polar surface area (TPSA) is 70.9 Å². The number of carbonyl (C=O) groups is 1. The molecule has 0 bridgehead atoms. The van der Waals surface area contributed by atoms with E-state index < -0.39 is 23.6 Å². The normalized spacial score (nSPS) is 16.5. The average molecular weight is 357 g/mol. The van der Waals surface area contributed by atoms with E-state index in [0.717, 1.165) is 32.0 Å². The number of halogens is 4. The third-order valence-corrected chi connectivity index (χ3v) is 4.88. The summed E-state index contributed by atoms with van der Waals surface area (Å²) < 4.78 is 54.4. The molecule has 2 aromatic rings. The molecule has 2 heterocycles. The van der Waals surface area contributed by atoms with E-state index in [1.807, 2.05) is 0 Å². The fraction of sp³-hybridized carbons (Fsp3) is 0.471. The molecule has 1 aliphatic rings. The SMILES string of the molecule is Cc1c(C(F)(F)F)[nH]c2c(C(N)=O)cc(F)c(CC3CCNCC3)c12. The molecular weight excluding hydrogens is 338 g/mol. The number of hydrogen-bond acceptors (Lipinski definition) is 2. The molecule has 1 amide bonds. The number of hydrogen-bond donors (Lipinski definition) is 3. The first kappa shape index (κ1) is 17.7. The van der Waals surface area contributed by atoms with Gasteiger partial charge in [-0.1, -0.05) is 0 Å². The Bertz CT molecular complexity index is 820. The highest BCUT2D eigenvalue weighted by Gasteiger charge is 2.37. The van der Waals surface area contributed by atoms with E-state index in [-0.39, 0.29) is 33.5 Å². The maximum Gasteiger partial charge on any atom is 0.431 e. The zero-order valence-corrected chi connectivity index (χ0v) is 13.7. The average Bonchev–Trinajstić information content (AvgIpc) is 2.88. The number of aromatic amines is 1. The van der Waals surface area contributed by atoms with Crippen molar-refractivity contribution in [2.75, 3.05) is 13.1 Å². The van der Waals surface area contributed by atoms with Crippen molar-refractivity contribution in [3.8, 4) is 0 Å². The summed E-state index contributed by atoms with van der Waals surface area (Å²) in [6.45, 7) is 2.89. The van der Waals surface area contributed by atoms with Crippen molar-refractivity contribution >= 4 is 16.8 Å². The molecule has 3 rings (SSSR count). The Morgan fingerprint density at radius 2 is 1.96 bits per heavy atom. The number of primary amides is 1. The van der Waals surface area contributed by atoms with Crippen molar-refractivity contribution < 1.29 is 22.4 Å². The molecule has 1 aromatic carbocycles. The third kappa shape index (κ3) is 3.22. The number of rotatable bonds is 3. The highest BCUT2D eigenvalue weighted by atomic mass is 19.4. The molecule has 0 saturated carbocycles. The van der Waals surface area contributed by atoms with Crippen molar-refractivity contribution in [2.45, 2.75) is 32.4 Å². The Morgan fingerprint density at radius 3 is 2.52 bits per heavy atom. The second kappa shape index (κ2) is 6.33. The zero-order chi connectivity index (χ0) is 18.4. The molecule has 4 N–H and O–H groups in total. The smallest absolute Gasteiger partial charge is 0.366 e. The lowest BCUT2D eigenvalue weighted by Gasteiger charge is -2.23. The second-order valence-corrected chi connectivity index (χ2v) is 6.52. The van der Waals surface area contributed by atoms with Crippen molar-refractivity contribution in [1.29, 1.82) is 0 Å². The first-order valence-electron chi connectivity index (χ1n) is 8.11. The van der Waals surface area contributed by atoms with Gasteiger partial charge < -0.3 is 16.0 Å². The lowest BCUT2D eigenvalue weighted by Crippen LogP contribution is -2.29. The van der Waals surface area contributed by atoms with E-state index in [1.54, 1.807) is 0 Å². The van der Waals surface area contributed by atoms with Crippen LogP contribution < -0.4 is 11.1 Å². The lowest BCUT2D eigenvalue weighted by atomic mass is 9.88. The van der Waals surface area contributed by atoms with Gasteiger partial charge in [-0.05, 0) is 62.4 Å². The van der Waals surface area contributed by atoms with Crippen LogP contribution >= 0.6 is 0 Å². The van der Waals surface area contributed by atoms with Gasteiger partial charge in [-0.3, -0.25) is 4.79 Å². The summed E-state index contributed by atoms with van der Waals surface area (Å²) in [5.74, 6) is -1.47. The molecule has 0 atom stereocenters. The quantitative estimate of drug-likeness (QED) is 0.738. The minimum atomic E-state index is -4.62. The van der Waals surface area contributed by atoms with Gasteiger partial charge in [0.25, 0.3) is 5.91 Å². The van der Waals surface area contributed by atoms with Crippen LogP contribution in [0.5, 0.6) is 0 Å². The van der Waals surface area contributed by atoms with Gasteiger partial charge in [-0.25, -0.2) is 4.39 Å². The van der Waals surface area contributed by atoms with Crippen LogP contribution in [0.4, 0.5) is 17.6 Å². The molecule has 0 unspecified atom stereocenters. The number of benzene rings is 1. The number of nitrogens with one attached hydrogen (secondary N) is 2. The molecule has 1 aliphatic heterocycles. The molecule has 1 saturated heterocycles. The Labute approximate surface area is 141 Å². The van der Waals surface area contributed by atoms with E-state index >= 15 is 0 Å². The minimum Gasteiger partial charge on any atom is -0.366 e. The number of aryl methyl sites for hydroxylation is 1. The van der Waals surface area contributed by atoms with Crippen molar-refractivity contribution in [2.24, 2.45) is 11.7 Å². The Kier molecular flexibility index (Phi) is 4.49. The summed E-state index contributed by atoms with van der Waals surface area (Å²) in [5, 5.41) is 3.33. The van der Waals surface area contributed by atoms with Crippen LogP contribution in [0.1, 0.15) is 40.0 Å². The first-order chi connectivity index (χ1) is 11.7. The van der Waals surface area contributed by atoms with E-state index in [2.05, 4.69) is 10.3 Å². The number of H-pyrrole nitrogens is 1. The molecule has 25 heavy (non-hydrogen) atoms. The highest BCUT2D eigenvalue weighted by molar-refractivity contribution is 6.07. The van der Waals surface area contributed by atoms with Crippen molar-refractivity contribution in [1.82, 2.24) is 10.3 Å². The first-order valence-corrected chi connectivity index (χ1v) is 8.11. The highest BCUT2D eigenvalue weighted by Crippen LogP contribution is 2.39. The van der Waals surface area contributed by atoms with Gasteiger partial charge in [0.1, 0.15) is 11.5 Å². The summed E-state index contributed by atoms with van der Waals surface area (Å²) >= 11 is 0. The molecule has 4 nitrogen and oxygen atoms in total. The summed E-state index contributed by atoms with van der Waals surface area (Å²) in [4.78, 5) is 13.8. The van der Waals surface area contributed by atoms with Crippen molar-refractivity contribution in [3.63, 3.8) is 0 Å². The summed E-state index contributed by atoms with van der Waals surface area (Å²) in [6, 6.07) is 0.942. The maximum absolute atomic E-state index is 14.7. The van der Waals surface area contributed by atoms with E-state index in [9.17, 15) is 22.4 Å². The van der Waals surface area contributed by atoms with E-state index in [4.69, 9.17) is 5.73 Å². The zero-order valence-electron chi connectivity index (χ0n) is 13.7. The van der Waals surface area contributed by atoms with Crippen LogP contribution in [0.15, 0.2) is 6.07 Å².